The number of halogens is 1. The van der Waals surface area contributed by atoms with Crippen LogP contribution in [0.4, 0.5) is 0 Å². The molecule has 0 radical (unpaired) electrons. The number of likely N-dealkylation sites (N-methyl/N-ethyl adjacent to an activating group) is 1. The summed E-state index contributed by atoms with van der Waals surface area (Å²) in [5.74, 6) is 0. The normalized spacial score (nSPS) is 12.6. The maximum absolute atomic E-state index is 6.06. The molecule has 3 nitrogen and oxygen atoms in total. The summed E-state index contributed by atoms with van der Waals surface area (Å²) in [4.78, 5) is 6.30. The zero-order chi connectivity index (χ0) is 14.4. The lowest BCUT2D eigenvalue weighted by atomic mass is 10.1. The number of benzene rings is 1. The average molecular weight is 290 g/mol. The zero-order valence-electron chi connectivity index (χ0n) is 11.7. The third kappa shape index (κ3) is 4.04. The molecule has 2 N–H and O–H groups in total. The first-order chi connectivity index (χ1) is 9.70. The number of pyridine rings is 1. The van der Waals surface area contributed by atoms with Gasteiger partial charge in [-0.25, -0.2) is 0 Å². The largest absolute Gasteiger partial charge is 0.329 e. The molecule has 0 amide bonds. The number of hydrogen-bond donors (Lipinski definition) is 1. The second-order valence-corrected chi connectivity index (χ2v) is 5.33. The molecule has 0 aliphatic heterocycles. The molecule has 1 atom stereocenters. The first-order valence-electron chi connectivity index (χ1n) is 6.75. The predicted octanol–water partition coefficient (Wildman–Crippen LogP) is 2.91. The van der Waals surface area contributed by atoms with Gasteiger partial charge in [-0.05, 0) is 48.9 Å². The van der Waals surface area contributed by atoms with E-state index in [2.05, 4.69) is 23.0 Å². The molecule has 0 saturated heterocycles. The molecule has 1 heterocycles. The Balaban J connectivity index is 2.00. The highest BCUT2D eigenvalue weighted by Gasteiger charge is 2.15. The van der Waals surface area contributed by atoms with E-state index in [1.807, 2.05) is 42.7 Å². The SMILES string of the molecule is CN(CCc1ccncc1)C(CN)c1cccc(Cl)c1. The van der Waals surface area contributed by atoms with Crippen LogP contribution in [0.25, 0.3) is 0 Å². The lowest BCUT2D eigenvalue weighted by Crippen LogP contribution is -2.32. The van der Waals surface area contributed by atoms with Crippen LogP contribution in [0.15, 0.2) is 48.8 Å². The van der Waals surface area contributed by atoms with Crippen LogP contribution in [0.1, 0.15) is 17.2 Å². The van der Waals surface area contributed by atoms with Crippen molar-refractivity contribution in [1.29, 1.82) is 0 Å². The summed E-state index contributed by atoms with van der Waals surface area (Å²) in [6, 6.07) is 12.2. The van der Waals surface area contributed by atoms with Gasteiger partial charge in [-0.3, -0.25) is 9.88 Å². The summed E-state index contributed by atoms with van der Waals surface area (Å²) in [6.45, 7) is 1.52. The van der Waals surface area contributed by atoms with Gasteiger partial charge in [-0.1, -0.05) is 23.7 Å². The van der Waals surface area contributed by atoms with Crippen LogP contribution in [-0.4, -0.2) is 30.0 Å². The lowest BCUT2D eigenvalue weighted by Gasteiger charge is -2.27. The smallest absolute Gasteiger partial charge is 0.0468 e. The van der Waals surface area contributed by atoms with E-state index < -0.39 is 0 Å². The van der Waals surface area contributed by atoms with Crippen LogP contribution in [-0.2, 0) is 6.42 Å². The van der Waals surface area contributed by atoms with Crippen molar-refractivity contribution in [2.45, 2.75) is 12.5 Å². The van der Waals surface area contributed by atoms with Crippen molar-refractivity contribution >= 4 is 11.6 Å². The summed E-state index contributed by atoms with van der Waals surface area (Å²) in [6.07, 6.45) is 4.63. The quantitative estimate of drug-likeness (QED) is 0.889. The zero-order valence-corrected chi connectivity index (χ0v) is 12.4. The molecule has 0 aliphatic carbocycles. The molecule has 20 heavy (non-hydrogen) atoms. The minimum atomic E-state index is 0.190. The molecular formula is C16H20ClN3. The second kappa shape index (κ2) is 7.39. The number of aromatic nitrogens is 1. The minimum Gasteiger partial charge on any atom is -0.329 e. The van der Waals surface area contributed by atoms with E-state index >= 15 is 0 Å². The van der Waals surface area contributed by atoms with Crippen LogP contribution in [0.5, 0.6) is 0 Å². The average Bonchev–Trinajstić information content (AvgIpc) is 2.47. The molecule has 106 valence electrons. The fourth-order valence-corrected chi connectivity index (χ4v) is 2.49. The molecule has 1 aromatic carbocycles. The standard InChI is InChI=1S/C16H20ClN3/c1-20(10-7-13-5-8-19-9-6-13)16(12-18)14-3-2-4-15(17)11-14/h2-6,8-9,11,16H,7,10,12,18H2,1H3. The van der Waals surface area contributed by atoms with E-state index in [-0.39, 0.29) is 6.04 Å². The van der Waals surface area contributed by atoms with Gasteiger partial charge in [0.2, 0.25) is 0 Å². The summed E-state index contributed by atoms with van der Waals surface area (Å²) >= 11 is 6.06. The van der Waals surface area contributed by atoms with Crippen LogP contribution in [0.2, 0.25) is 5.02 Å². The Kier molecular flexibility index (Phi) is 5.53. The summed E-state index contributed by atoms with van der Waals surface area (Å²) < 4.78 is 0. The maximum Gasteiger partial charge on any atom is 0.0468 e. The molecule has 0 aliphatic rings. The lowest BCUT2D eigenvalue weighted by molar-refractivity contribution is 0.253. The molecule has 2 aromatic rings. The highest BCUT2D eigenvalue weighted by atomic mass is 35.5. The van der Waals surface area contributed by atoms with Crippen molar-refractivity contribution in [3.05, 3.63) is 64.9 Å². The van der Waals surface area contributed by atoms with E-state index in [9.17, 15) is 0 Å². The van der Waals surface area contributed by atoms with E-state index in [4.69, 9.17) is 17.3 Å². The summed E-state index contributed by atoms with van der Waals surface area (Å²) in [5, 5.41) is 0.753. The van der Waals surface area contributed by atoms with Gasteiger partial charge in [-0.2, -0.15) is 0 Å². The Morgan fingerprint density at radius 2 is 2.00 bits per heavy atom. The Hall–Kier alpha value is -1.42. The fraction of sp³-hybridized carbons (Fsp3) is 0.312. The van der Waals surface area contributed by atoms with Crippen molar-refractivity contribution < 1.29 is 0 Å². The Morgan fingerprint density at radius 3 is 2.65 bits per heavy atom. The molecule has 4 heteroatoms. The molecule has 2 rings (SSSR count). The predicted molar refractivity (Wildman–Crippen MR) is 83.8 cm³/mol. The van der Waals surface area contributed by atoms with Crippen molar-refractivity contribution in [2.24, 2.45) is 5.73 Å². The van der Waals surface area contributed by atoms with E-state index in [1.54, 1.807) is 0 Å². The molecule has 1 aromatic heterocycles. The first kappa shape index (κ1) is 15.0. The molecule has 0 fully saturated rings. The number of nitrogens with zero attached hydrogens (tertiary/aromatic N) is 2. The molecular weight excluding hydrogens is 270 g/mol. The van der Waals surface area contributed by atoms with Gasteiger partial charge in [0, 0.05) is 36.5 Å². The van der Waals surface area contributed by atoms with Crippen molar-refractivity contribution in [3.63, 3.8) is 0 Å². The number of nitrogens with two attached hydrogens (primary N) is 1. The van der Waals surface area contributed by atoms with Crippen LogP contribution in [0, 0.1) is 0 Å². The summed E-state index contributed by atoms with van der Waals surface area (Å²) in [7, 11) is 2.10. The van der Waals surface area contributed by atoms with Gasteiger partial charge in [-0.15, -0.1) is 0 Å². The van der Waals surface area contributed by atoms with Crippen molar-refractivity contribution in [2.75, 3.05) is 20.1 Å². The van der Waals surface area contributed by atoms with E-state index in [0.29, 0.717) is 6.54 Å². The van der Waals surface area contributed by atoms with Crippen LogP contribution < -0.4 is 5.73 Å². The Bertz CT molecular complexity index is 530. The highest BCUT2D eigenvalue weighted by molar-refractivity contribution is 6.30. The maximum atomic E-state index is 6.06. The molecule has 0 saturated carbocycles. The monoisotopic (exact) mass is 289 g/mol. The van der Waals surface area contributed by atoms with Crippen LogP contribution >= 0.6 is 11.6 Å². The highest BCUT2D eigenvalue weighted by Crippen LogP contribution is 2.21. The molecule has 0 spiro atoms. The van der Waals surface area contributed by atoms with Gasteiger partial charge in [0.25, 0.3) is 0 Å². The van der Waals surface area contributed by atoms with Crippen LogP contribution in [0.3, 0.4) is 0 Å². The van der Waals surface area contributed by atoms with Gasteiger partial charge < -0.3 is 5.73 Å². The van der Waals surface area contributed by atoms with E-state index in [1.165, 1.54) is 5.56 Å². The molecule has 1 unspecified atom stereocenters. The van der Waals surface area contributed by atoms with Gasteiger partial charge in [0.1, 0.15) is 0 Å². The third-order valence-corrected chi connectivity index (χ3v) is 3.73. The fourth-order valence-electron chi connectivity index (χ4n) is 2.30. The number of rotatable bonds is 6. The third-order valence-electron chi connectivity index (χ3n) is 3.49. The first-order valence-corrected chi connectivity index (χ1v) is 7.13. The topological polar surface area (TPSA) is 42.2 Å². The van der Waals surface area contributed by atoms with Gasteiger partial charge in [0.15, 0.2) is 0 Å². The number of hydrogen-bond acceptors (Lipinski definition) is 3. The second-order valence-electron chi connectivity index (χ2n) is 4.89. The van der Waals surface area contributed by atoms with Crippen molar-refractivity contribution in [3.8, 4) is 0 Å². The summed E-state index contributed by atoms with van der Waals surface area (Å²) in [5.41, 5.74) is 8.38. The van der Waals surface area contributed by atoms with E-state index in [0.717, 1.165) is 23.6 Å². The van der Waals surface area contributed by atoms with Gasteiger partial charge in [0.05, 0.1) is 0 Å². The van der Waals surface area contributed by atoms with Gasteiger partial charge >= 0.3 is 0 Å². The Labute approximate surface area is 125 Å². The molecule has 0 bridgehead atoms. The Morgan fingerprint density at radius 1 is 1.25 bits per heavy atom. The van der Waals surface area contributed by atoms with Crippen molar-refractivity contribution in [1.82, 2.24) is 9.88 Å². The minimum absolute atomic E-state index is 0.190.